The molecule has 0 spiro atoms. The summed E-state index contributed by atoms with van der Waals surface area (Å²) in [7, 11) is 2.47. The smallest absolute Gasteiger partial charge is 0.328 e. The van der Waals surface area contributed by atoms with Crippen molar-refractivity contribution in [2.75, 3.05) is 31.4 Å². The number of ether oxygens (including phenoxy) is 2. The summed E-state index contributed by atoms with van der Waals surface area (Å²) < 4.78 is 9.34. The molecule has 0 radical (unpaired) electrons. The number of methoxy groups -OCH3 is 2. The van der Waals surface area contributed by atoms with E-state index in [4.69, 9.17) is 4.74 Å². The third kappa shape index (κ3) is 8.12. The lowest BCUT2D eigenvalue weighted by molar-refractivity contribution is -0.144. The average molecular weight is 562 g/mol. The third-order valence-electron chi connectivity index (χ3n) is 6.31. The number of aromatic nitrogens is 2. The van der Waals surface area contributed by atoms with Crippen LogP contribution in [0.4, 0.5) is 11.8 Å². The summed E-state index contributed by atoms with van der Waals surface area (Å²) in [4.78, 5) is 57.9. The first-order chi connectivity index (χ1) is 18.4. The molecule has 4 N–H and O–H groups in total. The first-order valence-electron chi connectivity index (χ1n) is 12.6. The van der Waals surface area contributed by atoms with E-state index in [0.717, 1.165) is 11.3 Å². The number of nitrogens with zero attached hydrogens (tertiary/aromatic N) is 2. The van der Waals surface area contributed by atoms with Crippen molar-refractivity contribution in [2.45, 2.75) is 58.9 Å². The first-order valence-corrected chi connectivity index (χ1v) is 13.5. The summed E-state index contributed by atoms with van der Waals surface area (Å²) in [5.41, 5.74) is 0.403. The molecule has 3 rings (SSSR count). The maximum atomic E-state index is 12.7. The lowest BCUT2D eigenvalue weighted by atomic mass is 9.92. The Labute approximate surface area is 230 Å². The molecule has 3 heterocycles. The van der Waals surface area contributed by atoms with Crippen molar-refractivity contribution in [3.63, 3.8) is 0 Å². The van der Waals surface area contributed by atoms with Crippen molar-refractivity contribution in [1.29, 1.82) is 0 Å². The summed E-state index contributed by atoms with van der Waals surface area (Å²) in [6.45, 7) is 5.97. The van der Waals surface area contributed by atoms with Gasteiger partial charge in [-0.25, -0.2) is 4.79 Å². The third-order valence-corrected chi connectivity index (χ3v) is 7.31. The van der Waals surface area contributed by atoms with Gasteiger partial charge in [0.2, 0.25) is 17.7 Å². The van der Waals surface area contributed by atoms with Crippen molar-refractivity contribution < 1.29 is 33.8 Å². The number of carbonyl (C=O) groups is 4. The molecule has 0 fully saturated rings. The normalized spacial score (nSPS) is 15.4. The number of esters is 2. The highest BCUT2D eigenvalue weighted by Gasteiger charge is 2.27. The number of rotatable bonds is 10. The molecule has 1 aliphatic rings. The second-order valence-corrected chi connectivity index (χ2v) is 11.4. The highest BCUT2D eigenvalue weighted by Crippen LogP contribution is 2.32. The topological polar surface area (TPSA) is 169 Å². The molecule has 0 saturated heterocycles. The first kappa shape index (κ1) is 29.8. The summed E-state index contributed by atoms with van der Waals surface area (Å²) in [5.74, 6) is -1.20. The van der Waals surface area contributed by atoms with E-state index in [2.05, 4.69) is 30.7 Å². The van der Waals surface area contributed by atoms with Crippen LogP contribution in [-0.4, -0.2) is 65.6 Å². The molecule has 2 aromatic rings. The molecule has 0 aliphatic carbocycles. The number of hydrogen-bond donors (Lipinski definition) is 4. The van der Waals surface area contributed by atoms with E-state index in [1.165, 1.54) is 25.6 Å². The lowest BCUT2D eigenvalue weighted by Crippen LogP contribution is -2.41. The molecule has 0 saturated carbocycles. The number of anilines is 2. The average Bonchev–Trinajstić information content (AvgIpc) is 3.38. The minimum absolute atomic E-state index is 0.0303. The molecule has 1 unspecified atom stereocenters. The number of fused-ring (bicyclic) bond motifs is 1. The Morgan fingerprint density at radius 3 is 2.62 bits per heavy atom. The lowest BCUT2D eigenvalue weighted by Gasteiger charge is -2.26. The van der Waals surface area contributed by atoms with Gasteiger partial charge in [0.25, 0.3) is 5.91 Å². The Hall–Kier alpha value is -3.74. The second-order valence-electron chi connectivity index (χ2n) is 10.4. The quantitative estimate of drug-likeness (QED) is 0.316. The van der Waals surface area contributed by atoms with Crippen molar-refractivity contribution in [3.05, 3.63) is 27.5 Å². The highest BCUT2D eigenvalue weighted by atomic mass is 32.1. The Bertz CT molecular complexity index is 1220. The van der Waals surface area contributed by atoms with Crippen molar-refractivity contribution >= 4 is 46.9 Å². The maximum absolute atomic E-state index is 12.7. The van der Waals surface area contributed by atoms with Gasteiger partial charge in [-0.15, -0.1) is 11.3 Å². The largest absolute Gasteiger partial charge is 0.493 e. The predicted molar refractivity (Wildman–Crippen MR) is 145 cm³/mol. The van der Waals surface area contributed by atoms with Gasteiger partial charge >= 0.3 is 11.9 Å². The van der Waals surface area contributed by atoms with Crippen LogP contribution in [0.3, 0.4) is 0 Å². The molecular weight excluding hydrogens is 526 g/mol. The number of thiophene rings is 1. The molecule has 2 amide bonds. The van der Waals surface area contributed by atoms with Crippen LogP contribution in [0.1, 0.15) is 60.8 Å². The van der Waals surface area contributed by atoms with Gasteiger partial charge in [-0.1, -0.05) is 20.8 Å². The molecule has 0 bridgehead atoms. The highest BCUT2D eigenvalue weighted by molar-refractivity contribution is 7.10. The van der Waals surface area contributed by atoms with Crippen LogP contribution in [-0.2, 0) is 36.7 Å². The number of aryl methyl sites for hydroxylation is 1. The summed E-state index contributed by atoms with van der Waals surface area (Å²) in [6.07, 6.45) is 2.11. The number of nitrogens with one attached hydrogen (secondary N) is 3. The fourth-order valence-corrected chi connectivity index (χ4v) is 4.82. The zero-order chi connectivity index (χ0) is 28.7. The minimum atomic E-state index is -0.962. The van der Waals surface area contributed by atoms with Crippen molar-refractivity contribution in [1.82, 2.24) is 15.3 Å². The van der Waals surface area contributed by atoms with Crippen LogP contribution < -0.4 is 16.0 Å². The predicted octanol–water partition coefficient (Wildman–Crippen LogP) is 2.67. The van der Waals surface area contributed by atoms with Gasteiger partial charge in [0, 0.05) is 28.6 Å². The summed E-state index contributed by atoms with van der Waals surface area (Å²) >= 11 is 1.44. The second kappa shape index (κ2) is 12.9. The van der Waals surface area contributed by atoms with E-state index in [0.29, 0.717) is 36.3 Å². The molecule has 2 aromatic heterocycles. The van der Waals surface area contributed by atoms with E-state index >= 15 is 0 Å². The Morgan fingerprint density at radius 1 is 1.21 bits per heavy atom. The van der Waals surface area contributed by atoms with Crippen LogP contribution in [0.2, 0.25) is 0 Å². The van der Waals surface area contributed by atoms with Crippen molar-refractivity contribution in [3.8, 4) is 5.88 Å². The Balaban J connectivity index is 1.56. The standard InChI is InChI=1S/C26H35N5O7S/c1-26(2,3)24(36)31-25-29-20-17(22(34)30-25)10-14(12-27-20)6-7-16-11-15(13-39-16)21(33)28-18(23(35)38-5)8-9-19(32)37-4/h11,13-14,18H,6-10,12H2,1-5H3,(H,28,33)(H3,27,29,30,31,34,36)/t14?,18-/m0/s1. The zero-order valence-electron chi connectivity index (χ0n) is 22.8. The molecule has 39 heavy (non-hydrogen) atoms. The fourth-order valence-electron chi connectivity index (χ4n) is 3.93. The molecule has 1 aliphatic heterocycles. The van der Waals surface area contributed by atoms with Gasteiger partial charge in [-0.05, 0) is 37.7 Å². The molecule has 2 atom stereocenters. The number of amides is 2. The van der Waals surface area contributed by atoms with E-state index in [1.807, 2.05) is 0 Å². The maximum Gasteiger partial charge on any atom is 0.328 e. The van der Waals surface area contributed by atoms with Crippen LogP contribution in [0, 0.1) is 11.3 Å². The minimum Gasteiger partial charge on any atom is -0.493 e. The SMILES string of the molecule is COC(=O)CC[C@H](NC(=O)c1csc(CCC2CNc3nc(NC(=O)C(C)(C)C)nc(O)c3C2)c1)C(=O)OC. The van der Waals surface area contributed by atoms with Crippen LogP contribution in [0.15, 0.2) is 11.4 Å². The molecular formula is C26H35N5O7S. The van der Waals surface area contributed by atoms with Gasteiger partial charge in [-0.3, -0.25) is 19.7 Å². The number of hydrogen-bond acceptors (Lipinski definition) is 11. The van der Waals surface area contributed by atoms with E-state index in [9.17, 15) is 24.3 Å². The zero-order valence-corrected chi connectivity index (χ0v) is 23.6. The molecule has 212 valence electrons. The van der Waals surface area contributed by atoms with Gasteiger partial charge in [0.05, 0.1) is 25.3 Å². The number of aromatic hydroxyl groups is 1. The van der Waals surface area contributed by atoms with Crippen LogP contribution >= 0.6 is 11.3 Å². The summed E-state index contributed by atoms with van der Waals surface area (Å²) in [6, 6.07) is 0.819. The Morgan fingerprint density at radius 2 is 1.95 bits per heavy atom. The van der Waals surface area contributed by atoms with E-state index in [-0.39, 0.29) is 36.5 Å². The monoisotopic (exact) mass is 561 g/mol. The molecule has 0 aromatic carbocycles. The molecule has 12 nitrogen and oxygen atoms in total. The van der Waals surface area contributed by atoms with E-state index < -0.39 is 29.3 Å². The van der Waals surface area contributed by atoms with Gasteiger partial charge in [0.15, 0.2) is 0 Å². The fraction of sp³-hybridized carbons (Fsp3) is 0.538. The van der Waals surface area contributed by atoms with E-state index in [1.54, 1.807) is 32.2 Å². The molecule has 13 heteroatoms. The van der Waals surface area contributed by atoms with Gasteiger partial charge < -0.3 is 25.2 Å². The number of carbonyl (C=O) groups excluding carboxylic acids is 4. The van der Waals surface area contributed by atoms with Crippen LogP contribution in [0.5, 0.6) is 5.88 Å². The Kier molecular flexibility index (Phi) is 9.84. The van der Waals surface area contributed by atoms with Crippen LogP contribution in [0.25, 0.3) is 0 Å². The van der Waals surface area contributed by atoms with Gasteiger partial charge in [0.1, 0.15) is 11.9 Å². The van der Waals surface area contributed by atoms with Crippen molar-refractivity contribution in [2.24, 2.45) is 11.3 Å². The summed E-state index contributed by atoms with van der Waals surface area (Å²) in [5, 5.41) is 20.7. The van der Waals surface area contributed by atoms with Gasteiger partial charge in [-0.2, -0.15) is 9.97 Å².